The van der Waals surface area contributed by atoms with Gasteiger partial charge in [-0.25, -0.2) is 0 Å². The van der Waals surface area contributed by atoms with Crippen LogP contribution in [-0.4, -0.2) is 14.4 Å². The maximum atomic E-state index is 11.1. The van der Waals surface area contributed by atoms with Gasteiger partial charge in [-0.1, -0.05) is 65.7 Å². The summed E-state index contributed by atoms with van der Waals surface area (Å²) in [4.78, 5) is 11.1. The quantitative estimate of drug-likeness (QED) is 0.429. The van der Waals surface area contributed by atoms with Crippen LogP contribution in [0.2, 0.25) is 16.6 Å². The predicted octanol–water partition coefficient (Wildman–Crippen LogP) is 5.07. The Morgan fingerprint density at radius 3 is 1.90 bits per heavy atom. The molecule has 0 N–H and O–H groups in total. The molecule has 0 spiro atoms. The zero-order valence-electron chi connectivity index (χ0n) is 13.5. The van der Waals surface area contributed by atoms with E-state index in [0.717, 1.165) is 11.8 Å². The van der Waals surface area contributed by atoms with E-state index in [9.17, 15) is 4.79 Å². The minimum Gasteiger partial charge on any atom is -0.298 e. The lowest BCUT2D eigenvalue weighted by Crippen LogP contribution is -2.43. The van der Waals surface area contributed by atoms with Crippen LogP contribution in [0.4, 0.5) is 0 Å². The molecule has 0 aliphatic carbocycles. The van der Waals surface area contributed by atoms with Gasteiger partial charge in [-0.15, -0.1) is 5.54 Å². The van der Waals surface area contributed by atoms with Crippen molar-refractivity contribution >= 4 is 14.4 Å². The monoisotopic (exact) mass is 286 g/mol. The zero-order chi connectivity index (χ0) is 15.3. The van der Waals surface area contributed by atoms with Crippen molar-refractivity contribution in [2.24, 2.45) is 0 Å². The second kappa shape index (κ2) is 6.90. The SMILES string of the molecule is CC(C)[Si](C#Cc1ccccc1C=O)(C(C)C)C(C)C. The molecule has 0 unspecified atom stereocenters. The summed E-state index contributed by atoms with van der Waals surface area (Å²) >= 11 is 0. The summed E-state index contributed by atoms with van der Waals surface area (Å²) in [6.07, 6.45) is 0.896. The van der Waals surface area contributed by atoms with E-state index in [1.54, 1.807) is 0 Å². The van der Waals surface area contributed by atoms with Crippen molar-refractivity contribution < 1.29 is 4.79 Å². The second-order valence-electron chi connectivity index (χ2n) is 6.35. The molecule has 0 radical (unpaired) electrons. The molecule has 0 aromatic heterocycles. The third-order valence-electron chi connectivity index (χ3n) is 4.37. The third-order valence-corrected chi connectivity index (χ3v) is 10.7. The van der Waals surface area contributed by atoms with Gasteiger partial charge in [0.1, 0.15) is 8.07 Å². The van der Waals surface area contributed by atoms with E-state index in [2.05, 4.69) is 53.0 Å². The Morgan fingerprint density at radius 2 is 1.45 bits per heavy atom. The highest BCUT2D eigenvalue weighted by Gasteiger charge is 2.41. The molecule has 0 bridgehead atoms. The second-order valence-corrected chi connectivity index (χ2v) is 11.9. The first-order valence-electron chi connectivity index (χ1n) is 7.43. The first-order valence-corrected chi connectivity index (χ1v) is 9.66. The van der Waals surface area contributed by atoms with Crippen LogP contribution in [0.15, 0.2) is 24.3 Å². The number of carbonyl (C=O) groups is 1. The molecular formula is C18H26OSi. The van der Waals surface area contributed by atoms with Crippen molar-refractivity contribution in [2.75, 3.05) is 0 Å². The minimum atomic E-state index is -1.72. The molecule has 20 heavy (non-hydrogen) atoms. The average Bonchev–Trinajstić information content (AvgIpc) is 2.38. The lowest BCUT2D eigenvalue weighted by atomic mass is 10.1. The van der Waals surface area contributed by atoms with Crippen LogP contribution in [0.3, 0.4) is 0 Å². The Bertz CT molecular complexity index is 496. The Balaban J connectivity index is 3.34. The molecule has 108 valence electrons. The molecule has 0 atom stereocenters. The number of aldehydes is 1. The Morgan fingerprint density at radius 1 is 0.950 bits per heavy atom. The van der Waals surface area contributed by atoms with Crippen LogP contribution >= 0.6 is 0 Å². The van der Waals surface area contributed by atoms with Gasteiger partial charge < -0.3 is 0 Å². The molecule has 0 amide bonds. The predicted molar refractivity (Wildman–Crippen MR) is 89.8 cm³/mol. The maximum Gasteiger partial charge on any atom is 0.151 e. The van der Waals surface area contributed by atoms with Gasteiger partial charge in [0, 0.05) is 11.1 Å². The van der Waals surface area contributed by atoms with Gasteiger partial charge in [-0.05, 0) is 22.7 Å². The average molecular weight is 286 g/mol. The highest BCUT2D eigenvalue weighted by atomic mass is 28.3. The van der Waals surface area contributed by atoms with Crippen molar-refractivity contribution in [2.45, 2.75) is 58.2 Å². The van der Waals surface area contributed by atoms with Crippen LogP contribution in [0.5, 0.6) is 0 Å². The summed E-state index contributed by atoms with van der Waals surface area (Å²) in [5.74, 6) is 3.33. The smallest absolute Gasteiger partial charge is 0.151 e. The third kappa shape index (κ3) is 3.22. The molecular weight excluding hydrogens is 260 g/mol. The van der Waals surface area contributed by atoms with Crippen LogP contribution in [0, 0.1) is 11.5 Å². The molecule has 1 aromatic rings. The topological polar surface area (TPSA) is 17.1 Å². The van der Waals surface area contributed by atoms with Gasteiger partial charge in [0.2, 0.25) is 0 Å². The van der Waals surface area contributed by atoms with Gasteiger partial charge >= 0.3 is 0 Å². The molecule has 0 heterocycles. The van der Waals surface area contributed by atoms with Gasteiger partial charge in [0.15, 0.2) is 6.29 Å². The zero-order valence-corrected chi connectivity index (χ0v) is 14.5. The Labute approximate surface area is 124 Å². The van der Waals surface area contributed by atoms with E-state index in [4.69, 9.17) is 0 Å². The van der Waals surface area contributed by atoms with Crippen LogP contribution in [-0.2, 0) is 0 Å². The fraction of sp³-hybridized carbons (Fsp3) is 0.500. The number of hydrogen-bond donors (Lipinski definition) is 0. The van der Waals surface area contributed by atoms with Crippen molar-refractivity contribution in [1.82, 2.24) is 0 Å². The van der Waals surface area contributed by atoms with E-state index in [-0.39, 0.29) is 0 Å². The number of carbonyl (C=O) groups excluding carboxylic acids is 1. The molecule has 0 aliphatic rings. The van der Waals surface area contributed by atoms with Gasteiger partial charge in [-0.2, -0.15) is 0 Å². The van der Waals surface area contributed by atoms with E-state index in [0.29, 0.717) is 22.2 Å². The van der Waals surface area contributed by atoms with Crippen LogP contribution in [0.25, 0.3) is 0 Å². The molecule has 0 saturated heterocycles. The van der Waals surface area contributed by atoms with Gasteiger partial charge in [0.05, 0.1) is 0 Å². The molecule has 1 rings (SSSR count). The van der Waals surface area contributed by atoms with E-state index >= 15 is 0 Å². The number of rotatable bonds is 4. The van der Waals surface area contributed by atoms with Gasteiger partial charge in [0.25, 0.3) is 0 Å². The normalized spacial score (nSPS) is 11.7. The molecule has 1 aromatic carbocycles. The minimum absolute atomic E-state index is 0.610. The summed E-state index contributed by atoms with van der Waals surface area (Å²) in [5, 5.41) is 0. The molecule has 2 heteroatoms. The van der Waals surface area contributed by atoms with Crippen LogP contribution < -0.4 is 0 Å². The van der Waals surface area contributed by atoms with Crippen LogP contribution in [0.1, 0.15) is 57.5 Å². The first kappa shape index (κ1) is 16.7. The highest BCUT2D eigenvalue weighted by Crippen LogP contribution is 2.40. The molecule has 1 nitrogen and oxygen atoms in total. The Kier molecular flexibility index (Phi) is 5.77. The van der Waals surface area contributed by atoms with E-state index in [1.807, 2.05) is 24.3 Å². The van der Waals surface area contributed by atoms with Crippen molar-refractivity contribution in [3.05, 3.63) is 35.4 Å². The van der Waals surface area contributed by atoms with Gasteiger partial charge in [-0.3, -0.25) is 4.79 Å². The largest absolute Gasteiger partial charge is 0.298 e. The van der Waals surface area contributed by atoms with Crippen molar-refractivity contribution in [3.8, 4) is 11.5 Å². The van der Waals surface area contributed by atoms with E-state index in [1.165, 1.54) is 0 Å². The summed E-state index contributed by atoms with van der Waals surface area (Å²) in [6, 6.07) is 7.60. The van der Waals surface area contributed by atoms with Crippen molar-refractivity contribution in [1.29, 1.82) is 0 Å². The molecule has 0 aliphatic heterocycles. The molecule has 0 saturated carbocycles. The maximum absolute atomic E-state index is 11.1. The number of benzene rings is 1. The number of hydrogen-bond acceptors (Lipinski definition) is 1. The summed E-state index contributed by atoms with van der Waals surface area (Å²) in [5.41, 5.74) is 7.04. The standard InChI is InChI=1S/C18H26OSi/c1-14(2)20(15(3)4,16(5)6)12-11-17-9-7-8-10-18(17)13-19/h7-10,13-16H,1-6H3. The summed E-state index contributed by atoms with van der Waals surface area (Å²) in [6.45, 7) is 13.8. The Hall–Kier alpha value is -1.33. The molecule has 0 fully saturated rings. The highest BCUT2D eigenvalue weighted by molar-refractivity contribution is 6.90. The fourth-order valence-corrected chi connectivity index (χ4v) is 8.54. The lowest BCUT2D eigenvalue weighted by Gasteiger charge is -2.38. The van der Waals surface area contributed by atoms with E-state index < -0.39 is 8.07 Å². The first-order chi connectivity index (χ1) is 9.36. The summed E-state index contributed by atoms with van der Waals surface area (Å²) < 4.78 is 0. The van der Waals surface area contributed by atoms with Crippen molar-refractivity contribution in [3.63, 3.8) is 0 Å². The lowest BCUT2D eigenvalue weighted by molar-refractivity contribution is 0.112. The summed E-state index contributed by atoms with van der Waals surface area (Å²) in [7, 11) is -1.72. The fourth-order valence-electron chi connectivity index (χ4n) is 3.32.